The molecule has 0 spiro atoms. The van der Waals surface area contributed by atoms with E-state index in [0.717, 1.165) is 22.8 Å². The molecule has 1 aromatic carbocycles. The van der Waals surface area contributed by atoms with Crippen LogP contribution in [-0.2, 0) is 11.2 Å². The molecular formula is C16H18FIO2. The van der Waals surface area contributed by atoms with Gasteiger partial charge in [-0.15, -0.1) is 0 Å². The summed E-state index contributed by atoms with van der Waals surface area (Å²) in [4.78, 5) is 11.2. The van der Waals surface area contributed by atoms with E-state index < -0.39 is 5.97 Å². The van der Waals surface area contributed by atoms with E-state index in [1.54, 1.807) is 6.07 Å². The minimum Gasteiger partial charge on any atom is -0.481 e. The van der Waals surface area contributed by atoms with Gasteiger partial charge in [0.25, 0.3) is 0 Å². The number of carboxylic acid groups (broad SMARTS) is 1. The van der Waals surface area contributed by atoms with Crippen LogP contribution in [0.1, 0.15) is 49.1 Å². The van der Waals surface area contributed by atoms with E-state index in [2.05, 4.69) is 22.6 Å². The van der Waals surface area contributed by atoms with Crippen LogP contribution in [0.15, 0.2) is 12.1 Å². The monoisotopic (exact) mass is 388 g/mol. The smallest absolute Gasteiger partial charge is 0.306 e. The Morgan fingerprint density at radius 3 is 2.70 bits per heavy atom. The quantitative estimate of drug-likeness (QED) is 0.779. The Hall–Kier alpha value is -0.650. The third-order valence-corrected chi connectivity index (χ3v) is 5.58. The van der Waals surface area contributed by atoms with E-state index in [0.29, 0.717) is 17.9 Å². The van der Waals surface area contributed by atoms with E-state index in [1.807, 2.05) is 6.07 Å². The molecule has 4 heteroatoms. The van der Waals surface area contributed by atoms with Gasteiger partial charge in [0.05, 0.1) is 5.92 Å². The summed E-state index contributed by atoms with van der Waals surface area (Å²) >= 11 is 2.20. The fourth-order valence-electron chi connectivity index (χ4n) is 3.37. The zero-order chi connectivity index (χ0) is 14.3. The molecule has 0 bridgehead atoms. The third kappa shape index (κ3) is 2.85. The lowest BCUT2D eigenvalue weighted by atomic mass is 9.88. The van der Waals surface area contributed by atoms with E-state index >= 15 is 0 Å². The fourth-order valence-corrected chi connectivity index (χ4v) is 4.23. The summed E-state index contributed by atoms with van der Waals surface area (Å²) in [5.74, 6) is -0.497. The second kappa shape index (κ2) is 5.62. The third-order valence-electron chi connectivity index (χ3n) is 4.64. The molecule has 3 rings (SSSR count). The van der Waals surface area contributed by atoms with Gasteiger partial charge in [0.2, 0.25) is 0 Å². The van der Waals surface area contributed by atoms with Crippen LogP contribution in [0, 0.1) is 21.2 Å². The maximum absolute atomic E-state index is 14.1. The molecule has 0 radical (unpaired) electrons. The van der Waals surface area contributed by atoms with Crippen LogP contribution in [0.25, 0.3) is 0 Å². The van der Waals surface area contributed by atoms with Gasteiger partial charge in [-0.25, -0.2) is 4.39 Å². The Kier molecular flexibility index (Phi) is 4.02. The van der Waals surface area contributed by atoms with Crippen molar-refractivity contribution >= 4 is 28.6 Å². The first kappa shape index (κ1) is 14.3. The van der Waals surface area contributed by atoms with Crippen molar-refractivity contribution in [3.8, 4) is 0 Å². The Bertz CT molecular complexity index is 540. The highest BCUT2D eigenvalue weighted by atomic mass is 127. The number of rotatable bonds is 4. The molecule has 2 aliphatic rings. The fraction of sp³-hybridized carbons (Fsp3) is 0.562. The van der Waals surface area contributed by atoms with E-state index in [1.165, 1.54) is 18.4 Å². The minimum atomic E-state index is -0.721. The molecular weight excluding hydrogens is 370 g/mol. The van der Waals surface area contributed by atoms with Crippen molar-refractivity contribution in [1.29, 1.82) is 0 Å². The number of halogens is 2. The van der Waals surface area contributed by atoms with Crippen LogP contribution >= 0.6 is 22.6 Å². The summed E-state index contributed by atoms with van der Waals surface area (Å²) in [6.45, 7) is 0. The van der Waals surface area contributed by atoms with Crippen LogP contribution in [-0.4, -0.2) is 11.1 Å². The number of carboxylic acids is 1. The summed E-state index contributed by atoms with van der Waals surface area (Å²) in [6, 6.07) is 3.61. The minimum absolute atomic E-state index is 0.0918. The molecule has 0 amide bonds. The molecule has 2 fully saturated rings. The Morgan fingerprint density at radius 2 is 2.05 bits per heavy atom. The van der Waals surface area contributed by atoms with Crippen molar-refractivity contribution in [2.75, 3.05) is 0 Å². The van der Waals surface area contributed by atoms with Crippen LogP contribution < -0.4 is 0 Å². The van der Waals surface area contributed by atoms with E-state index in [-0.39, 0.29) is 17.7 Å². The molecule has 108 valence electrons. The number of carbonyl (C=O) groups is 1. The van der Waals surface area contributed by atoms with Crippen molar-refractivity contribution < 1.29 is 14.3 Å². The van der Waals surface area contributed by atoms with Crippen LogP contribution in [0.2, 0.25) is 0 Å². The number of hydrogen-bond acceptors (Lipinski definition) is 1. The summed E-state index contributed by atoms with van der Waals surface area (Å²) in [7, 11) is 0. The normalized spacial score (nSPS) is 25.9. The van der Waals surface area contributed by atoms with Gasteiger partial charge in [0, 0.05) is 3.57 Å². The molecule has 20 heavy (non-hydrogen) atoms. The molecule has 1 N–H and O–H groups in total. The van der Waals surface area contributed by atoms with Gasteiger partial charge in [-0.2, -0.15) is 0 Å². The van der Waals surface area contributed by atoms with Crippen molar-refractivity contribution in [3.63, 3.8) is 0 Å². The van der Waals surface area contributed by atoms with E-state index in [4.69, 9.17) is 0 Å². The van der Waals surface area contributed by atoms with Crippen molar-refractivity contribution in [2.45, 2.75) is 44.4 Å². The van der Waals surface area contributed by atoms with Crippen molar-refractivity contribution in [3.05, 3.63) is 32.6 Å². The van der Waals surface area contributed by atoms with Gasteiger partial charge in [-0.3, -0.25) is 4.79 Å². The lowest BCUT2D eigenvalue weighted by Gasteiger charge is -2.17. The van der Waals surface area contributed by atoms with Crippen LogP contribution in [0.4, 0.5) is 4.39 Å². The van der Waals surface area contributed by atoms with Gasteiger partial charge < -0.3 is 5.11 Å². The zero-order valence-corrected chi connectivity index (χ0v) is 13.4. The SMILES string of the molecule is O=C(O)[C@@H]1CCC[C@H]1Cc1cc(C2CC2)c(I)cc1F. The van der Waals surface area contributed by atoms with Gasteiger partial charge in [0.1, 0.15) is 5.82 Å². The largest absolute Gasteiger partial charge is 0.481 e. The van der Waals surface area contributed by atoms with Gasteiger partial charge in [0.15, 0.2) is 0 Å². The maximum atomic E-state index is 14.1. The highest BCUT2D eigenvalue weighted by molar-refractivity contribution is 14.1. The average Bonchev–Trinajstić information content (AvgIpc) is 3.11. The van der Waals surface area contributed by atoms with Crippen molar-refractivity contribution in [1.82, 2.24) is 0 Å². The zero-order valence-electron chi connectivity index (χ0n) is 11.2. The lowest BCUT2D eigenvalue weighted by molar-refractivity contribution is -0.142. The topological polar surface area (TPSA) is 37.3 Å². The average molecular weight is 388 g/mol. The maximum Gasteiger partial charge on any atom is 0.306 e. The predicted molar refractivity (Wildman–Crippen MR) is 83.3 cm³/mol. The molecule has 2 atom stereocenters. The first-order chi connectivity index (χ1) is 9.56. The molecule has 0 saturated heterocycles. The lowest BCUT2D eigenvalue weighted by Crippen LogP contribution is -2.20. The predicted octanol–water partition coefficient (Wildman–Crippen LogP) is 4.35. The molecule has 1 aromatic rings. The van der Waals surface area contributed by atoms with Gasteiger partial charge in [-0.05, 0) is 83.7 Å². The Labute approximate surface area is 131 Å². The number of aliphatic carboxylic acids is 1. The molecule has 2 aliphatic carbocycles. The van der Waals surface area contributed by atoms with Crippen LogP contribution in [0.5, 0.6) is 0 Å². The van der Waals surface area contributed by atoms with Gasteiger partial charge >= 0.3 is 5.97 Å². The molecule has 0 aliphatic heterocycles. The Balaban J connectivity index is 1.83. The highest BCUT2D eigenvalue weighted by Gasteiger charge is 2.34. The Morgan fingerprint density at radius 1 is 1.30 bits per heavy atom. The first-order valence-corrected chi connectivity index (χ1v) is 8.34. The number of benzene rings is 1. The summed E-state index contributed by atoms with van der Waals surface area (Å²) in [5, 5.41) is 9.23. The molecule has 0 unspecified atom stereocenters. The number of hydrogen-bond donors (Lipinski definition) is 1. The summed E-state index contributed by atoms with van der Waals surface area (Å²) < 4.78 is 15.2. The molecule has 0 heterocycles. The second-order valence-electron chi connectivity index (χ2n) is 6.08. The summed E-state index contributed by atoms with van der Waals surface area (Å²) in [6.07, 6.45) is 5.55. The van der Waals surface area contributed by atoms with Crippen molar-refractivity contribution in [2.24, 2.45) is 11.8 Å². The molecule has 2 saturated carbocycles. The summed E-state index contributed by atoms with van der Waals surface area (Å²) in [5.41, 5.74) is 1.97. The standard InChI is InChI=1S/C16H18FIO2/c17-14-8-15(18)13(9-4-5-9)7-11(14)6-10-2-1-3-12(10)16(19)20/h7-10,12H,1-6H2,(H,19,20)/t10-,12+/m0/s1. The molecule has 0 aromatic heterocycles. The highest BCUT2D eigenvalue weighted by Crippen LogP contribution is 2.43. The second-order valence-corrected chi connectivity index (χ2v) is 7.24. The van der Waals surface area contributed by atoms with Crippen LogP contribution in [0.3, 0.4) is 0 Å². The first-order valence-electron chi connectivity index (χ1n) is 7.27. The molecule has 2 nitrogen and oxygen atoms in total. The van der Waals surface area contributed by atoms with E-state index in [9.17, 15) is 14.3 Å². The van der Waals surface area contributed by atoms with Gasteiger partial charge in [-0.1, -0.05) is 12.5 Å².